The molecule has 0 bridgehead atoms. The summed E-state index contributed by atoms with van der Waals surface area (Å²) >= 11 is 0. The summed E-state index contributed by atoms with van der Waals surface area (Å²) in [5.41, 5.74) is 5.40. The highest BCUT2D eigenvalue weighted by atomic mass is 16.5. The van der Waals surface area contributed by atoms with Crippen molar-refractivity contribution in [3.8, 4) is 17.0 Å². The van der Waals surface area contributed by atoms with Gasteiger partial charge in [-0.15, -0.1) is 0 Å². The molecule has 1 aliphatic heterocycles. The Morgan fingerprint density at radius 2 is 1.78 bits per heavy atom. The molecule has 1 fully saturated rings. The average Bonchev–Trinajstić information content (AvgIpc) is 2.80. The van der Waals surface area contributed by atoms with Gasteiger partial charge in [0.25, 0.3) is 5.56 Å². The third kappa shape index (κ3) is 4.24. The van der Waals surface area contributed by atoms with Crippen molar-refractivity contribution in [1.82, 2.24) is 14.3 Å². The number of pyridine rings is 1. The van der Waals surface area contributed by atoms with Crippen LogP contribution < -0.4 is 15.2 Å². The Bertz CT molecular complexity index is 1160. The van der Waals surface area contributed by atoms with Gasteiger partial charge in [-0.3, -0.25) is 9.20 Å². The van der Waals surface area contributed by atoms with Crippen LogP contribution in [0.15, 0.2) is 41.3 Å². The summed E-state index contributed by atoms with van der Waals surface area (Å²) in [6, 6.07) is 10.3. The zero-order chi connectivity index (χ0) is 22.8. The predicted octanol–water partition coefficient (Wildman–Crippen LogP) is 4.30. The number of hydrogen-bond acceptors (Lipinski definition) is 5. The summed E-state index contributed by atoms with van der Waals surface area (Å²) < 4.78 is 7.05. The van der Waals surface area contributed by atoms with Crippen molar-refractivity contribution in [1.29, 1.82) is 0 Å². The van der Waals surface area contributed by atoms with E-state index in [1.165, 1.54) is 0 Å². The molecule has 0 saturated carbocycles. The number of benzene rings is 1. The van der Waals surface area contributed by atoms with Crippen LogP contribution in [-0.4, -0.2) is 53.6 Å². The van der Waals surface area contributed by atoms with Crippen LogP contribution in [-0.2, 0) is 0 Å². The number of aryl methyl sites for hydroxylation is 2. The number of ether oxygens (including phenoxy) is 1. The SMILES string of the molecule is CCN(CC)C1CCN(c2cc(C)c3nc(-c4ccc(OC)c(C)c4)cc(=O)n3c2)CC1. The molecule has 3 heterocycles. The highest BCUT2D eigenvalue weighted by molar-refractivity contribution is 5.66. The van der Waals surface area contributed by atoms with E-state index in [-0.39, 0.29) is 5.56 Å². The lowest BCUT2D eigenvalue weighted by Gasteiger charge is -2.38. The summed E-state index contributed by atoms with van der Waals surface area (Å²) in [5.74, 6) is 0.830. The molecule has 3 aromatic rings. The molecule has 1 aliphatic rings. The fourth-order valence-corrected chi connectivity index (χ4v) is 4.94. The largest absolute Gasteiger partial charge is 0.496 e. The number of methoxy groups -OCH3 is 1. The first kappa shape index (κ1) is 22.3. The van der Waals surface area contributed by atoms with Crippen LogP contribution in [0.5, 0.6) is 5.75 Å². The molecule has 0 unspecified atom stereocenters. The minimum atomic E-state index is -0.0542. The van der Waals surface area contributed by atoms with Gasteiger partial charge in [0, 0.05) is 37.0 Å². The quantitative estimate of drug-likeness (QED) is 0.579. The van der Waals surface area contributed by atoms with E-state index >= 15 is 0 Å². The van der Waals surface area contributed by atoms with E-state index in [0.29, 0.717) is 17.4 Å². The Morgan fingerprint density at radius 1 is 1.06 bits per heavy atom. The second kappa shape index (κ2) is 9.33. The number of piperidine rings is 1. The molecule has 32 heavy (non-hydrogen) atoms. The Labute approximate surface area is 190 Å². The lowest BCUT2D eigenvalue weighted by molar-refractivity contribution is 0.186. The van der Waals surface area contributed by atoms with Crippen molar-refractivity contribution >= 4 is 11.3 Å². The van der Waals surface area contributed by atoms with E-state index in [4.69, 9.17) is 9.72 Å². The second-order valence-corrected chi connectivity index (χ2v) is 8.68. The van der Waals surface area contributed by atoms with Gasteiger partial charge in [-0.1, -0.05) is 13.8 Å². The van der Waals surface area contributed by atoms with Gasteiger partial charge in [-0.2, -0.15) is 0 Å². The summed E-state index contributed by atoms with van der Waals surface area (Å²) in [5, 5.41) is 0. The van der Waals surface area contributed by atoms with E-state index in [9.17, 15) is 4.79 Å². The molecule has 0 radical (unpaired) electrons. The molecule has 6 nitrogen and oxygen atoms in total. The molecule has 0 N–H and O–H groups in total. The molecule has 170 valence electrons. The fourth-order valence-electron chi connectivity index (χ4n) is 4.94. The van der Waals surface area contributed by atoms with Crippen molar-refractivity contribution < 1.29 is 4.74 Å². The number of fused-ring (bicyclic) bond motifs is 1. The smallest absolute Gasteiger partial charge is 0.258 e. The number of aromatic nitrogens is 2. The molecular formula is C26H34N4O2. The lowest BCUT2D eigenvalue weighted by Crippen LogP contribution is -2.45. The molecule has 1 aromatic carbocycles. The van der Waals surface area contributed by atoms with Gasteiger partial charge in [0.15, 0.2) is 0 Å². The first-order valence-electron chi connectivity index (χ1n) is 11.6. The van der Waals surface area contributed by atoms with Crippen molar-refractivity contribution in [2.75, 3.05) is 38.2 Å². The molecule has 0 amide bonds. The Kier molecular flexibility index (Phi) is 6.51. The molecule has 2 aromatic heterocycles. The van der Waals surface area contributed by atoms with Crippen LogP contribution in [0, 0.1) is 13.8 Å². The number of anilines is 1. The second-order valence-electron chi connectivity index (χ2n) is 8.68. The van der Waals surface area contributed by atoms with Crippen LogP contribution in [0.4, 0.5) is 5.69 Å². The van der Waals surface area contributed by atoms with Crippen molar-refractivity contribution in [2.45, 2.75) is 46.6 Å². The van der Waals surface area contributed by atoms with Crippen molar-refractivity contribution in [3.05, 3.63) is 58.0 Å². The van der Waals surface area contributed by atoms with Crippen molar-refractivity contribution in [2.24, 2.45) is 0 Å². The van der Waals surface area contributed by atoms with E-state index in [0.717, 1.165) is 67.1 Å². The number of rotatable bonds is 6. The van der Waals surface area contributed by atoms with Gasteiger partial charge in [0.05, 0.1) is 18.5 Å². The van der Waals surface area contributed by atoms with Crippen LogP contribution >= 0.6 is 0 Å². The van der Waals surface area contributed by atoms with Gasteiger partial charge < -0.3 is 14.5 Å². The summed E-state index contributed by atoms with van der Waals surface area (Å²) in [7, 11) is 1.66. The average molecular weight is 435 g/mol. The van der Waals surface area contributed by atoms with Crippen LogP contribution in [0.1, 0.15) is 37.8 Å². The minimum Gasteiger partial charge on any atom is -0.496 e. The predicted molar refractivity (Wildman–Crippen MR) is 131 cm³/mol. The third-order valence-corrected chi connectivity index (χ3v) is 6.78. The molecule has 4 rings (SSSR count). The first-order chi connectivity index (χ1) is 15.4. The van der Waals surface area contributed by atoms with Gasteiger partial charge in [-0.25, -0.2) is 4.98 Å². The molecule has 0 atom stereocenters. The maximum absolute atomic E-state index is 13.1. The Balaban J connectivity index is 1.64. The molecular weight excluding hydrogens is 400 g/mol. The summed E-state index contributed by atoms with van der Waals surface area (Å²) in [6.07, 6.45) is 4.27. The lowest BCUT2D eigenvalue weighted by atomic mass is 10.0. The van der Waals surface area contributed by atoms with E-state index in [1.807, 2.05) is 38.2 Å². The van der Waals surface area contributed by atoms with E-state index in [2.05, 4.69) is 29.7 Å². The van der Waals surface area contributed by atoms with Crippen LogP contribution in [0.3, 0.4) is 0 Å². The molecule has 0 aliphatic carbocycles. The van der Waals surface area contributed by atoms with Gasteiger partial charge in [0.1, 0.15) is 11.4 Å². The van der Waals surface area contributed by atoms with E-state index < -0.39 is 0 Å². The highest BCUT2D eigenvalue weighted by Crippen LogP contribution is 2.27. The van der Waals surface area contributed by atoms with Crippen LogP contribution in [0.2, 0.25) is 0 Å². The topological polar surface area (TPSA) is 50.1 Å². The first-order valence-corrected chi connectivity index (χ1v) is 11.6. The highest BCUT2D eigenvalue weighted by Gasteiger charge is 2.23. The minimum absolute atomic E-state index is 0.0542. The Hall–Kier alpha value is -2.86. The number of nitrogens with zero attached hydrogens (tertiary/aromatic N) is 4. The normalized spacial score (nSPS) is 15.0. The summed E-state index contributed by atoms with van der Waals surface area (Å²) in [4.78, 5) is 22.9. The fraction of sp³-hybridized carbons (Fsp3) is 0.462. The maximum atomic E-state index is 13.1. The summed E-state index contributed by atoms with van der Waals surface area (Å²) in [6.45, 7) is 12.7. The third-order valence-electron chi connectivity index (χ3n) is 6.78. The van der Waals surface area contributed by atoms with Crippen LogP contribution in [0.25, 0.3) is 16.9 Å². The monoisotopic (exact) mass is 434 g/mol. The molecule has 1 saturated heterocycles. The Morgan fingerprint density at radius 3 is 2.41 bits per heavy atom. The maximum Gasteiger partial charge on any atom is 0.258 e. The standard InChI is InChI=1S/C26H34N4O2/c1-6-28(7-2)21-10-12-29(13-11-21)22-15-19(4)26-27-23(16-25(31)30(26)17-22)20-8-9-24(32-5)18(3)14-20/h8-9,14-17,21H,6-7,10-13H2,1-5H3. The zero-order valence-electron chi connectivity index (χ0n) is 19.9. The molecule has 0 spiro atoms. The number of hydrogen-bond donors (Lipinski definition) is 0. The van der Waals surface area contributed by atoms with Crippen molar-refractivity contribution in [3.63, 3.8) is 0 Å². The van der Waals surface area contributed by atoms with E-state index in [1.54, 1.807) is 17.6 Å². The molecule has 6 heteroatoms. The van der Waals surface area contributed by atoms with Gasteiger partial charge in [0.2, 0.25) is 0 Å². The van der Waals surface area contributed by atoms with Gasteiger partial charge in [-0.05, 0) is 75.2 Å². The zero-order valence-corrected chi connectivity index (χ0v) is 19.9. The van der Waals surface area contributed by atoms with Gasteiger partial charge >= 0.3 is 0 Å².